The van der Waals surface area contributed by atoms with Gasteiger partial charge in [0.2, 0.25) is 0 Å². The largest absolute Gasteiger partial charge is 0.490 e. The lowest BCUT2D eigenvalue weighted by Crippen LogP contribution is -2.15. The standard InChI is InChI=1S/C16H14BrF2NO/c17-10-7-13(18)15(14(19)8-10)16(20)9-1-3-11(4-2-9)21-12-5-6-12/h1-4,7-8,12,16H,5-6,20H2. The van der Waals surface area contributed by atoms with Crippen molar-refractivity contribution < 1.29 is 13.5 Å². The van der Waals surface area contributed by atoms with Gasteiger partial charge in [-0.15, -0.1) is 0 Å². The molecule has 21 heavy (non-hydrogen) atoms. The summed E-state index contributed by atoms with van der Waals surface area (Å²) in [4.78, 5) is 0. The number of halogens is 3. The van der Waals surface area contributed by atoms with Gasteiger partial charge in [-0.2, -0.15) is 0 Å². The monoisotopic (exact) mass is 353 g/mol. The molecule has 0 saturated heterocycles. The van der Waals surface area contributed by atoms with E-state index in [9.17, 15) is 8.78 Å². The first-order valence-electron chi connectivity index (χ1n) is 6.71. The summed E-state index contributed by atoms with van der Waals surface area (Å²) in [6.07, 6.45) is 2.47. The predicted octanol–water partition coefficient (Wildman–Crippen LogP) is 4.32. The van der Waals surface area contributed by atoms with Crippen LogP contribution in [0.5, 0.6) is 5.75 Å². The Morgan fingerprint density at radius 1 is 1.10 bits per heavy atom. The Bertz CT molecular complexity index is 633. The third-order valence-electron chi connectivity index (χ3n) is 3.42. The first-order valence-corrected chi connectivity index (χ1v) is 7.50. The first-order chi connectivity index (χ1) is 10.0. The fourth-order valence-corrected chi connectivity index (χ4v) is 2.55. The van der Waals surface area contributed by atoms with E-state index < -0.39 is 17.7 Å². The van der Waals surface area contributed by atoms with Gasteiger partial charge in [-0.05, 0) is 42.7 Å². The second-order valence-electron chi connectivity index (χ2n) is 5.15. The van der Waals surface area contributed by atoms with Crippen LogP contribution in [0.1, 0.15) is 30.0 Å². The minimum absolute atomic E-state index is 0.130. The highest BCUT2D eigenvalue weighted by Gasteiger charge is 2.24. The normalized spacial score (nSPS) is 15.8. The van der Waals surface area contributed by atoms with Crippen LogP contribution >= 0.6 is 15.9 Å². The summed E-state index contributed by atoms with van der Waals surface area (Å²) in [6.45, 7) is 0. The van der Waals surface area contributed by atoms with E-state index in [2.05, 4.69) is 15.9 Å². The van der Waals surface area contributed by atoms with Gasteiger partial charge in [-0.25, -0.2) is 8.78 Å². The van der Waals surface area contributed by atoms with E-state index in [0.29, 0.717) is 16.1 Å². The molecule has 110 valence electrons. The van der Waals surface area contributed by atoms with Crippen molar-refractivity contribution >= 4 is 15.9 Å². The Balaban J connectivity index is 1.85. The van der Waals surface area contributed by atoms with Gasteiger partial charge in [0, 0.05) is 10.0 Å². The van der Waals surface area contributed by atoms with E-state index in [0.717, 1.165) is 18.6 Å². The molecule has 1 aliphatic rings. The summed E-state index contributed by atoms with van der Waals surface area (Å²) in [6, 6.07) is 8.61. The van der Waals surface area contributed by atoms with Crippen molar-refractivity contribution in [3.8, 4) is 5.75 Å². The van der Waals surface area contributed by atoms with Crippen LogP contribution in [0, 0.1) is 11.6 Å². The Hall–Kier alpha value is -1.46. The summed E-state index contributed by atoms with van der Waals surface area (Å²) < 4.78 is 33.8. The van der Waals surface area contributed by atoms with Crippen LogP contribution in [0.25, 0.3) is 0 Å². The summed E-state index contributed by atoms with van der Waals surface area (Å²) in [5.41, 5.74) is 6.50. The quantitative estimate of drug-likeness (QED) is 0.888. The summed E-state index contributed by atoms with van der Waals surface area (Å²) in [7, 11) is 0. The van der Waals surface area contributed by atoms with Gasteiger partial charge >= 0.3 is 0 Å². The molecule has 5 heteroatoms. The average Bonchev–Trinajstić information content (AvgIpc) is 3.22. The Morgan fingerprint density at radius 2 is 1.67 bits per heavy atom. The molecule has 2 aromatic rings. The van der Waals surface area contributed by atoms with Crippen molar-refractivity contribution in [3.63, 3.8) is 0 Å². The van der Waals surface area contributed by atoms with Gasteiger partial charge in [0.25, 0.3) is 0 Å². The zero-order valence-electron chi connectivity index (χ0n) is 11.2. The minimum Gasteiger partial charge on any atom is -0.490 e. The average molecular weight is 354 g/mol. The molecule has 2 aromatic carbocycles. The number of nitrogens with two attached hydrogens (primary N) is 1. The zero-order chi connectivity index (χ0) is 15.0. The van der Waals surface area contributed by atoms with E-state index in [1.54, 1.807) is 24.3 Å². The second kappa shape index (κ2) is 5.73. The second-order valence-corrected chi connectivity index (χ2v) is 6.06. The molecule has 1 aliphatic carbocycles. The number of rotatable bonds is 4. The number of hydrogen-bond donors (Lipinski definition) is 1. The molecule has 0 aromatic heterocycles. The van der Waals surface area contributed by atoms with Crippen molar-refractivity contribution in [1.29, 1.82) is 0 Å². The molecule has 1 fully saturated rings. The molecule has 1 saturated carbocycles. The smallest absolute Gasteiger partial charge is 0.132 e. The molecule has 0 amide bonds. The van der Waals surface area contributed by atoms with Crippen LogP contribution in [-0.4, -0.2) is 6.10 Å². The lowest BCUT2D eigenvalue weighted by Gasteiger charge is -2.15. The molecule has 2 N–H and O–H groups in total. The van der Waals surface area contributed by atoms with E-state index in [4.69, 9.17) is 10.5 Å². The number of benzene rings is 2. The van der Waals surface area contributed by atoms with Crippen molar-refractivity contribution in [3.05, 3.63) is 63.6 Å². The minimum atomic E-state index is -0.854. The van der Waals surface area contributed by atoms with Crippen LogP contribution in [-0.2, 0) is 0 Å². The van der Waals surface area contributed by atoms with Gasteiger partial charge in [0.1, 0.15) is 17.4 Å². The lowest BCUT2D eigenvalue weighted by molar-refractivity contribution is 0.303. The Labute approximate surface area is 130 Å². The van der Waals surface area contributed by atoms with E-state index in [-0.39, 0.29) is 5.56 Å². The molecule has 0 aliphatic heterocycles. The van der Waals surface area contributed by atoms with Crippen LogP contribution in [0.4, 0.5) is 8.78 Å². The SMILES string of the molecule is NC(c1ccc(OC2CC2)cc1)c1c(F)cc(Br)cc1F. The summed E-state index contributed by atoms with van der Waals surface area (Å²) >= 11 is 3.05. The van der Waals surface area contributed by atoms with Crippen LogP contribution < -0.4 is 10.5 Å². The van der Waals surface area contributed by atoms with Crippen LogP contribution in [0.15, 0.2) is 40.9 Å². The molecule has 1 unspecified atom stereocenters. The predicted molar refractivity (Wildman–Crippen MR) is 80.2 cm³/mol. The molecule has 2 nitrogen and oxygen atoms in total. The highest BCUT2D eigenvalue weighted by molar-refractivity contribution is 9.10. The Kier molecular flexibility index (Phi) is 3.95. The number of ether oxygens (including phenoxy) is 1. The number of hydrogen-bond acceptors (Lipinski definition) is 2. The van der Waals surface area contributed by atoms with E-state index in [1.165, 1.54) is 12.1 Å². The molecular formula is C16H14BrF2NO. The fraction of sp³-hybridized carbons (Fsp3) is 0.250. The van der Waals surface area contributed by atoms with Crippen molar-refractivity contribution in [2.24, 2.45) is 5.73 Å². The fourth-order valence-electron chi connectivity index (χ4n) is 2.15. The van der Waals surface area contributed by atoms with E-state index >= 15 is 0 Å². The van der Waals surface area contributed by atoms with Crippen molar-refractivity contribution in [2.75, 3.05) is 0 Å². The molecule has 0 radical (unpaired) electrons. The van der Waals surface area contributed by atoms with Gasteiger partial charge in [0.05, 0.1) is 12.1 Å². The topological polar surface area (TPSA) is 35.2 Å². The van der Waals surface area contributed by atoms with Gasteiger partial charge in [-0.1, -0.05) is 28.1 Å². The van der Waals surface area contributed by atoms with Gasteiger partial charge in [0.15, 0.2) is 0 Å². The maximum Gasteiger partial charge on any atom is 0.132 e. The van der Waals surface area contributed by atoms with Crippen LogP contribution in [0.2, 0.25) is 0 Å². The molecule has 0 heterocycles. The van der Waals surface area contributed by atoms with E-state index in [1.807, 2.05) is 0 Å². The van der Waals surface area contributed by atoms with Gasteiger partial charge in [-0.3, -0.25) is 0 Å². The third kappa shape index (κ3) is 3.24. The molecule has 0 bridgehead atoms. The zero-order valence-corrected chi connectivity index (χ0v) is 12.7. The van der Waals surface area contributed by atoms with Crippen molar-refractivity contribution in [1.82, 2.24) is 0 Å². The Morgan fingerprint density at radius 3 is 2.19 bits per heavy atom. The maximum atomic E-state index is 13.9. The highest BCUT2D eigenvalue weighted by atomic mass is 79.9. The highest BCUT2D eigenvalue weighted by Crippen LogP contribution is 2.30. The molecule has 1 atom stereocenters. The maximum absolute atomic E-state index is 13.9. The summed E-state index contributed by atoms with van der Waals surface area (Å²) in [5.74, 6) is -0.564. The van der Waals surface area contributed by atoms with Crippen LogP contribution in [0.3, 0.4) is 0 Å². The molecule has 3 rings (SSSR count). The van der Waals surface area contributed by atoms with Gasteiger partial charge < -0.3 is 10.5 Å². The first kappa shape index (κ1) is 14.5. The third-order valence-corrected chi connectivity index (χ3v) is 3.88. The molecule has 0 spiro atoms. The lowest BCUT2D eigenvalue weighted by atomic mass is 9.98. The molecular weight excluding hydrogens is 340 g/mol. The summed E-state index contributed by atoms with van der Waals surface area (Å²) in [5, 5.41) is 0. The van der Waals surface area contributed by atoms with Crippen molar-refractivity contribution in [2.45, 2.75) is 25.0 Å².